The van der Waals surface area contributed by atoms with E-state index in [4.69, 9.17) is 5.73 Å². The first-order valence-electron chi connectivity index (χ1n) is 6.67. The standard InChI is InChI=1S/C16H18N2O3/c17-8-9-18(11-12-4-2-1-3-5-12)16(21)14-10-13(19)6-7-15(14)20/h1-7,10,19-20H,8-9,11,17H2. The van der Waals surface area contributed by atoms with Gasteiger partial charge < -0.3 is 20.8 Å². The fourth-order valence-electron chi connectivity index (χ4n) is 2.08. The summed E-state index contributed by atoms with van der Waals surface area (Å²) in [7, 11) is 0. The monoisotopic (exact) mass is 286 g/mol. The van der Waals surface area contributed by atoms with Crippen LogP contribution in [0.15, 0.2) is 48.5 Å². The molecule has 2 rings (SSSR count). The van der Waals surface area contributed by atoms with Crippen molar-refractivity contribution in [3.63, 3.8) is 0 Å². The lowest BCUT2D eigenvalue weighted by atomic mass is 10.1. The first kappa shape index (κ1) is 14.9. The number of phenols is 2. The van der Waals surface area contributed by atoms with Crippen LogP contribution in [0.1, 0.15) is 15.9 Å². The molecule has 0 unspecified atom stereocenters. The molecule has 0 aliphatic rings. The van der Waals surface area contributed by atoms with Crippen molar-refractivity contribution in [1.82, 2.24) is 4.90 Å². The van der Waals surface area contributed by atoms with Crippen LogP contribution in [0, 0.1) is 0 Å². The maximum Gasteiger partial charge on any atom is 0.258 e. The van der Waals surface area contributed by atoms with Crippen LogP contribution >= 0.6 is 0 Å². The van der Waals surface area contributed by atoms with Gasteiger partial charge in [-0.25, -0.2) is 0 Å². The van der Waals surface area contributed by atoms with Crippen LogP contribution in [0.2, 0.25) is 0 Å². The first-order chi connectivity index (χ1) is 10.1. The van der Waals surface area contributed by atoms with Gasteiger partial charge in [0.05, 0.1) is 5.56 Å². The van der Waals surface area contributed by atoms with E-state index in [1.165, 1.54) is 18.2 Å². The van der Waals surface area contributed by atoms with Gasteiger partial charge in [-0.2, -0.15) is 0 Å². The zero-order valence-electron chi connectivity index (χ0n) is 11.6. The summed E-state index contributed by atoms with van der Waals surface area (Å²) in [6.45, 7) is 1.08. The smallest absolute Gasteiger partial charge is 0.258 e. The average Bonchev–Trinajstić information content (AvgIpc) is 2.49. The van der Waals surface area contributed by atoms with Crippen molar-refractivity contribution in [3.05, 3.63) is 59.7 Å². The molecule has 0 atom stereocenters. The van der Waals surface area contributed by atoms with Crippen molar-refractivity contribution in [1.29, 1.82) is 0 Å². The predicted molar refractivity (Wildman–Crippen MR) is 80.0 cm³/mol. The Morgan fingerprint density at radius 3 is 2.48 bits per heavy atom. The second-order valence-corrected chi connectivity index (χ2v) is 4.70. The van der Waals surface area contributed by atoms with Crippen molar-refractivity contribution in [2.24, 2.45) is 5.73 Å². The third-order valence-corrected chi connectivity index (χ3v) is 3.11. The van der Waals surface area contributed by atoms with E-state index in [2.05, 4.69) is 0 Å². The predicted octanol–water partition coefficient (Wildman–Crippen LogP) is 1.70. The van der Waals surface area contributed by atoms with Crippen molar-refractivity contribution in [2.75, 3.05) is 13.1 Å². The Morgan fingerprint density at radius 2 is 1.81 bits per heavy atom. The topological polar surface area (TPSA) is 86.8 Å². The Morgan fingerprint density at radius 1 is 1.10 bits per heavy atom. The summed E-state index contributed by atoms with van der Waals surface area (Å²) in [5.74, 6) is -0.589. The van der Waals surface area contributed by atoms with Gasteiger partial charge in [0.15, 0.2) is 0 Å². The number of carbonyl (C=O) groups is 1. The molecule has 0 radical (unpaired) electrons. The van der Waals surface area contributed by atoms with Gasteiger partial charge in [0.2, 0.25) is 0 Å². The highest BCUT2D eigenvalue weighted by molar-refractivity contribution is 5.97. The largest absolute Gasteiger partial charge is 0.508 e. The maximum absolute atomic E-state index is 12.5. The quantitative estimate of drug-likeness (QED) is 0.730. The molecule has 4 N–H and O–H groups in total. The number of hydrogen-bond acceptors (Lipinski definition) is 4. The van der Waals surface area contributed by atoms with Crippen LogP contribution in [-0.2, 0) is 6.54 Å². The SMILES string of the molecule is NCCN(Cc1ccccc1)C(=O)c1cc(O)ccc1O. The molecule has 2 aromatic carbocycles. The summed E-state index contributed by atoms with van der Waals surface area (Å²) >= 11 is 0. The minimum Gasteiger partial charge on any atom is -0.508 e. The molecule has 5 heteroatoms. The molecule has 5 nitrogen and oxygen atoms in total. The number of nitrogens with zero attached hydrogens (tertiary/aromatic N) is 1. The molecule has 0 saturated heterocycles. The number of carbonyl (C=O) groups excluding carboxylic acids is 1. The lowest BCUT2D eigenvalue weighted by Gasteiger charge is -2.22. The van der Waals surface area contributed by atoms with E-state index in [0.717, 1.165) is 5.56 Å². The number of amides is 1. The van der Waals surface area contributed by atoms with Gasteiger partial charge in [-0.3, -0.25) is 4.79 Å². The van der Waals surface area contributed by atoms with Crippen LogP contribution in [0.25, 0.3) is 0 Å². The van der Waals surface area contributed by atoms with Gasteiger partial charge in [-0.1, -0.05) is 30.3 Å². The summed E-state index contributed by atoms with van der Waals surface area (Å²) in [6, 6.07) is 13.4. The van der Waals surface area contributed by atoms with E-state index in [-0.39, 0.29) is 23.0 Å². The van der Waals surface area contributed by atoms with Gasteiger partial charge in [-0.05, 0) is 23.8 Å². The molecular formula is C16H18N2O3. The number of phenolic OH excluding ortho intramolecular Hbond substituents is 2. The molecule has 0 heterocycles. The molecule has 0 bridgehead atoms. The van der Waals surface area contributed by atoms with Crippen molar-refractivity contribution in [2.45, 2.75) is 6.54 Å². The minimum atomic E-state index is -0.363. The second-order valence-electron chi connectivity index (χ2n) is 4.70. The highest BCUT2D eigenvalue weighted by Gasteiger charge is 2.19. The van der Waals surface area contributed by atoms with E-state index in [1.807, 2.05) is 30.3 Å². The number of rotatable bonds is 5. The van der Waals surface area contributed by atoms with Gasteiger partial charge in [0, 0.05) is 19.6 Å². The van der Waals surface area contributed by atoms with Crippen molar-refractivity contribution >= 4 is 5.91 Å². The summed E-state index contributed by atoms with van der Waals surface area (Å²) in [6.07, 6.45) is 0. The normalized spacial score (nSPS) is 10.3. The molecule has 2 aromatic rings. The third-order valence-electron chi connectivity index (χ3n) is 3.11. The van der Waals surface area contributed by atoms with E-state index >= 15 is 0 Å². The molecule has 0 aromatic heterocycles. The summed E-state index contributed by atoms with van der Waals surface area (Å²) < 4.78 is 0. The molecular weight excluding hydrogens is 268 g/mol. The van der Waals surface area contributed by atoms with Crippen LogP contribution in [0.4, 0.5) is 0 Å². The van der Waals surface area contributed by atoms with Gasteiger partial charge >= 0.3 is 0 Å². The van der Waals surface area contributed by atoms with E-state index in [9.17, 15) is 15.0 Å². The molecule has 21 heavy (non-hydrogen) atoms. The van der Waals surface area contributed by atoms with Gasteiger partial charge in [0.25, 0.3) is 5.91 Å². The summed E-state index contributed by atoms with van der Waals surface area (Å²) in [5, 5.41) is 19.3. The van der Waals surface area contributed by atoms with Crippen LogP contribution < -0.4 is 5.73 Å². The minimum absolute atomic E-state index is 0.0661. The average molecular weight is 286 g/mol. The Balaban J connectivity index is 2.25. The molecule has 1 amide bonds. The summed E-state index contributed by atoms with van der Waals surface area (Å²) in [5.41, 5.74) is 6.60. The lowest BCUT2D eigenvalue weighted by Crippen LogP contribution is -2.34. The first-order valence-corrected chi connectivity index (χ1v) is 6.67. The van der Waals surface area contributed by atoms with Crippen LogP contribution in [-0.4, -0.2) is 34.1 Å². The molecule has 0 saturated carbocycles. The number of aromatic hydroxyl groups is 2. The fraction of sp³-hybridized carbons (Fsp3) is 0.188. The molecule has 0 aliphatic heterocycles. The highest BCUT2D eigenvalue weighted by Crippen LogP contribution is 2.24. The molecule has 110 valence electrons. The number of nitrogens with two attached hydrogens (primary N) is 1. The number of hydrogen-bond donors (Lipinski definition) is 3. The third kappa shape index (κ3) is 3.73. The van der Waals surface area contributed by atoms with Gasteiger partial charge in [-0.15, -0.1) is 0 Å². The molecule has 0 aliphatic carbocycles. The van der Waals surface area contributed by atoms with E-state index in [1.54, 1.807) is 4.90 Å². The Labute approximate surface area is 123 Å². The van der Waals surface area contributed by atoms with E-state index < -0.39 is 0 Å². The van der Waals surface area contributed by atoms with Crippen molar-refractivity contribution < 1.29 is 15.0 Å². The Bertz CT molecular complexity index is 614. The molecule has 0 fully saturated rings. The Hall–Kier alpha value is -2.53. The molecule has 0 spiro atoms. The van der Waals surface area contributed by atoms with Crippen LogP contribution in [0.5, 0.6) is 11.5 Å². The fourth-order valence-corrected chi connectivity index (χ4v) is 2.08. The van der Waals surface area contributed by atoms with Gasteiger partial charge in [0.1, 0.15) is 11.5 Å². The highest BCUT2D eigenvalue weighted by atomic mass is 16.3. The lowest BCUT2D eigenvalue weighted by molar-refractivity contribution is 0.0744. The van der Waals surface area contributed by atoms with Crippen molar-refractivity contribution in [3.8, 4) is 11.5 Å². The maximum atomic E-state index is 12.5. The zero-order chi connectivity index (χ0) is 15.2. The van der Waals surface area contributed by atoms with E-state index in [0.29, 0.717) is 19.6 Å². The number of benzene rings is 2. The zero-order valence-corrected chi connectivity index (χ0v) is 11.6. The Kier molecular flexibility index (Phi) is 4.79. The summed E-state index contributed by atoms with van der Waals surface area (Å²) in [4.78, 5) is 14.1. The second kappa shape index (κ2) is 6.76. The van der Waals surface area contributed by atoms with Crippen LogP contribution in [0.3, 0.4) is 0 Å².